The lowest BCUT2D eigenvalue weighted by Gasteiger charge is -2.40. The van der Waals surface area contributed by atoms with Crippen molar-refractivity contribution in [1.82, 2.24) is 4.90 Å². The summed E-state index contributed by atoms with van der Waals surface area (Å²) in [7, 11) is 4.56. The molecule has 0 aromatic rings. The molecule has 0 spiro atoms. The maximum absolute atomic E-state index is 2.41. The highest BCUT2D eigenvalue weighted by molar-refractivity contribution is 4.56. The molecule has 3 heteroatoms. The second-order valence-corrected chi connectivity index (χ2v) is 3.69. The van der Waals surface area contributed by atoms with E-state index in [1.807, 2.05) is 0 Å². The van der Waals surface area contributed by atoms with Crippen molar-refractivity contribution in [3.63, 3.8) is 0 Å². The van der Waals surface area contributed by atoms with Gasteiger partial charge in [-0.3, -0.25) is 4.90 Å². The zero-order chi connectivity index (χ0) is 7.61. The van der Waals surface area contributed by atoms with Crippen molar-refractivity contribution < 1.29 is 16.9 Å². The third kappa shape index (κ3) is 2.97. The Morgan fingerprint density at radius 3 is 2.09 bits per heavy atom. The molecule has 0 aromatic heterocycles. The number of nitrogens with zero attached hydrogens (tertiary/aromatic N) is 2. The summed E-state index contributed by atoms with van der Waals surface area (Å²) in [5, 5.41) is 0. The molecule has 0 bridgehead atoms. The average molecular weight is 179 g/mol. The molecule has 1 saturated heterocycles. The van der Waals surface area contributed by atoms with Crippen molar-refractivity contribution in [3.05, 3.63) is 0 Å². The first-order chi connectivity index (χ1) is 4.66. The van der Waals surface area contributed by atoms with Gasteiger partial charge >= 0.3 is 0 Å². The van der Waals surface area contributed by atoms with Gasteiger partial charge < -0.3 is 16.9 Å². The van der Waals surface area contributed by atoms with Crippen molar-refractivity contribution in [2.45, 2.75) is 6.92 Å². The highest BCUT2D eigenvalue weighted by Crippen LogP contribution is 2.06. The van der Waals surface area contributed by atoms with E-state index in [1.165, 1.54) is 37.2 Å². The van der Waals surface area contributed by atoms with E-state index in [0.717, 1.165) is 0 Å². The van der Waals surface area contributed by atoms with Crippen molar-refractivity contribution in [2.24, 2.45) is 0 Å². The summed E-state index contributed by atoms with van der Waals surface area (Å²) in [5.41, 5.74) is 0. The first kappa shape index (κ1) is 11.2. The van der Waals surface area contributed by atoms with Gasteiger partial charge in [0.15, 0.2) is 0 Å². The van der Waals surface area contributed by atoms with Gasteiger partial charge in [-0.15, -0.1) is 0 Å². The van der Waals surface area contributed by atoms with Gasteiger partial charge in [-0.2, -0.15) is 0 Å². The van der Waals surface area contributed by atoms with Crippen LogP contribution in [0.15, 0.2) is 0 Å². The second kappa shape index (κ2) is 4.29. The molecular weight excluding hydrogens is 160 g/mol. The lowest BCUT2D eigenvalue weighted by Crippen LogP contribution is -3.00. The Kier molecular flexibility index (Phi) is 4.37. The number of quaternary nitrogens is 1. The van der Waals surface area contributed by atoms with Gasteiger partial charge in [0.25, 0.3) is 0 Å². The SMILES string of the molecule is CC[N+]1(C)CCN(C)CC1.[Cl-]. The van der Waals surface area contributed by atoms with E-state index >= 15 is 0 Å². The molecule has 0 radical (unpaired) electrons. The normalized spacial score (nSPS) is 24.3. The smallest absolute Gasteiger partial charge is 0.0914 e. The molecule has 0 saturated carbocycles. The maximum Gasteiger partial charge on any atom is 0.0914 e. The minimum Gasteiger partial charge on any atom is -1.00 e. The van der Waals surface area contributed by atoms with Gasteiger partial charge in [0.05, 0.1) is 26.7 Å². The molecular formula is C8H19ClN2. The fourth-order valence-electron chi connectivity index (χ4n) is 1.36. The van der Waals surface area contributed by atoms with E-state index in [0.29, 0.717) is 0 Å². The van der Waals surface area contributed by atoms with Gasteiger partial charge in [-0.1, -0.05) is 0 Å². The Morgan fingerprint density at radius 1 is 1.27 bits per heavy atom. The Labute approximate surface area is 76.2 Å². The van der Waals surface area contributed by atoms with Crippen LogP contribution < -0.4 is 12.4 Å². The van der Waals surface area contributed by atoms with E-state index in [9.17, 15) is 0 Å². The monoisotopic (exact) mass is 178 g/mol. The van der Waals surface area contributed by atoms with Crippen molar-refractivity contribution in [2.75, 3.05) is 46.8 Å². The lowest BCUT2D eigenvalue weighted by atomic mass is 10.3. The topological polar surface area (TPSA) is 3.24 Å². The largest absolute Gasteiger partial charge is 1.00 e. The minimum atomic E-state index is 0. The second-order valence-electron chi connectivity index (χ2n) is 3.69. The van der Waals surface area contributed by atoms with Crippen LogP contribution >= 0.6 is 0 Å². The maximum atomic E-state index is 2.41. The molecule has 2 nitrogen and oxygen atoms in total. The molecule has 68 valence electrons. The molecule has 0 aliphatic carbocycles. The molecule has 0 unspecified atom stereocenters. The minimum absolute atomic E-state index is 0. The number of hydrogen-bond donors (Lipinski definition) is 0. The van der Waals surface area contributed by atoms with Crippen LogP contribution in [0.3, 0.4) is 0 Å². The fraction of sp³-hybridized carbons (Fsp3) is 1.00. The van der Waals surface area contributed by atoms with E-state index in [-0.39, 0.29) is 12.4 Å². The Morgan fingerprint density at radius 2 is 1.73 bits per heavy atom. The third-order valence-electron chi connectivity index (χ3n) is 2.81. The highest BCUT2D eigenvalue weighted by Gasteiger charge is 2.24. The van der Waals surface area contributed by atoms with E-state index < -0.39 is 0 Å². The van der Waals surface area contributed by atoms with Crippen LogP contribution in [0, 0.1) is 0 Å². The number of hydrogen-bond acceptors (Lipinski definition) is 1. The predicted octanol–water partition coefficient (Wildman–Crippen LogP) is -2.60. The standard InChI is InChI=1S/C8H19N2.ClH/c1-4-10(3)7-5-9(2)6-8-10;/h4-8H2,1-3H3;1H/q+1;/p-1. The lowest BCUT2D eigenvalue weighted by molar-refractivity contribution is -0.911. The Bertz CT molecular complexity index is 109. The molecule has 0 atom stereocenters. The molecule has 0 amide bonds. The summed E-state index contributed by atoms with van der Waals surface area (Å²) >= 11 is 0. The predicted molar refractivity (Wildman–Crippen MR) is 44.0 cm³/mol. The van der Waals surface area contributed by atoms with Gasteiger partial charge in [-0.05, 0) is 14.0 Å². The molecule has 1 aliphatic heterocycles. The summed E-state index contributed by atoms with van der Waals surface area (Å²) in [4.78, 5) is 2.41. The number of likely N-dealkylation sites (N-methyl/N-ethyl adjacent to an activating group) is 2. The van der Waals surface area contributed by atoms with Gasteiger partial charge in [0.1, 0.15) is 0 Å². The van der Waals surface area contributed by atoms with Crippen LogP contribution in [0.2, 0.25) is 0 Å². The fourth-order valence-corrected chi connectivity index (χ4v) is 1.36. The van der Waals surface area contributed by atoms with E-state index in [1.54, 1.807) is 0 Å². The Hall–Kier alpha value is 0.210. The van der Waals surface area contributed by atoms with Gasteiger partial charge in [0.2, 0.25) is 0 Å². The van der Waals surface area contributed by atoms with Gasteiger partial charge in [-0.25, -0.2) is 0 Å². The molecule has 1 aliphatic rings. The molecule has 1 fully saturated rings. The summed E-state index contributed by atoms with van der Waals surface area (Å²) in [5.74, 6) is 0. The van der Waals surface area contributed by atoms with Gasteiger partial charge in [0, 0.05) is 13.1 Å². The Balaban J connectivity index is 0.000001000. The summed E-state index contributed by atoms with van der Waals surface area (Å²) in [6, 6.07) is 0. The summed E-state index contributed by atoms with van der Waals surface area (Å²) in [6.45, 7) is 8.76. The zero-order valence-corrected chi connectivity index (χ0v) is 8.56. The third-order valence-corrected chi connectivity index (χ3v) is 2.81. The average Bonchev–Trinajstić information content (AvgIpc) is 1.96. The number of halogens is 1. The van der Waals surface area contributed by atoms with Crippen LogP contribution in [-0.2, 0) is 0 Å². The first-order valence-electron chi connectivity index (χ1n) is 4.18. The molecule has 0 aromatic carbocycles. The first-order valence-corrected chi connectivity index (χ1v) is 4.18. The van der Waals surface area contributed by atoms with Crippen LogP contribution in [0.5, 0.6) is 0 Å². The van der Waals surface area contributed by atoms with Crippen molar-refractivity contribution in [3.8, 4) is 0 Å². The quantitative estimate of drug-likeness (QED) is 0.399. The van der Waals surface area contributed by atoms with Crippen LogP contribution in [-0.4, -0.2) is 56.2 Å². The highest BCUT2D eigenvalue weighted by atomic mass is 35.5. The molecule has 11 heavy (non-hydrogen) atoms. The number of rotatable bonds is 1. The zero-order valence-electron chi connectivity index (χ0n) is 7.81. The molecule has 0 N–H and O–H groups in total. The summed E-state index contributed by atoms with van der Waals surface area (Å²) < 4.78 is 1.27. The van der Waals surface area contributed by atoms with Crippen LogP contribution in [0.25, 0.3) is 0 Å². The van der Waals surface area contributed by atoms with Crippen LogP contribution in [0.4, 0.5) is 0 Å². The van der Waals surface area contributed by atoms with Crippen LogP contribution in [0.1, 0.15) is 6.92 Å². The summed E-state index contributed by atoms with van der Waals surface area (Å²) in [6.07, 6.45) is 0. The van der Waals surface area contributed by atoms with Crippen molar-refractivity contribution in [1.29, 1.82) is 0 Å². The van der Waals surface area contributed by atoms with Crippen molar-refractivity contribution >= 4 is 0 Å². The molecule has 1 rings (SSSR count). The molecule has 1 heterocycles. The number of piperazine rings is 1. The van der Waals surface area contributed by atoms with E-state index in [2.05, 4.69) is 25.9 Å². The van der Waals surface area contributed by atoms with E-state index in [4.69, 9.17) is 0 Å².